The molecule has 1 aliphatic carbocycles. The van der Waals surface area contributed by atoms with Gasteiger partial charge < -0.3 is 5.11 Å². The number of carbonyl (C=O) groups is 1. The minimum atomic E-state index is -0.707. The first-order chi connectivity index (χ1) is 8.30. The van der Waals surface area contributed by atoms with Gasteiger partial charge in [-0.2, -0.15) is 0 Å². The van der Waals surface area contributed by atoms with E-state index in [0.717, 1.165) is 32.1 Å². The lowest BCUT2D eigenvalue weighted by Crippen LogP contribution is -2.41. The van der Waals surface area contributed by atoms with Crippen LogP contribution in [0.1, 0.15) is 66.2 Å². The van der Waals surface area contributed by atoms with Crippen LogP contribution in [0, 0.1) is 11.3 Å². The fraction of sp³-hybridized carbons (Fsp3) is 0.812. The largest absolute Gasteiger partial charge is 0.389 e. The van der Waals surface area contributed by atoms with E-state index in [1.807, 2.05) is 19.1 Å². The van der Waals surface area contributed by atoms with Crippen molar-refractivity contribution in [3.63, 3.8) is 0 Å². The topological polar surface area (TPSA) is 37.3 Å². The van der Waals surface area contributed by atoms with E-state index in [9.17, 15) is 9.90 Å². The summed E-state index contributed by atoms with van der Waals surface area (Å²) >= 11 is 0. The molecule has 0 bridgehead atoms. The molecule has 1 rings (SSSR count). The number of carbonyl (C=O) groups excluding carboxylic acids is 1. The Morgan fingerprint density at radius 3 is 2.56 bits per heavy atom. The predicted molar refractivity (Wildman–Crippen MR) is 75.4 cm³/mol. The third-order valence-electron chi connectivity index (χ3n) is 4.57. The van der Waals surface area contributed by atoms with E-state index in [2.05, 4.69) is 20.8 Å². The minimum absolute atomic E-state index is 0.0915. The van der Waals surface area contributed by atoms with Crippen molar-refractivity contribution in [3.8, 4) is 0 Å². The monoisotopic (exact) mass is 252 g/mol. The van der Waals surface area contributed by atoms with Gasteiger partial charge in [0.1, 0.15) is 5.78 Å². The summed E-state index contributed by atoms with van der Waals surface area (Å²) in [6.07, 6.45) is 9.46. The summed E-state index contributed by atoms with van der Waals surface area (Å²) in [7, 11) is 0. The number of hydrogen-bond acceptors (Lipinski definition) is 2. The molecule has 0 heterocycles. The second-order valence-electron chi connectivity index (χ2n) is 6.51. The molecule has 1 aliphatic rings. The van der Waals surface area contributed by atoms with Gasteiger partial charge >= 0.3 is 0 Å². The van der Waals surface area contributed by atoms with Crippen molar-refractivity contribution in [1.29, 1.82) is 0 Å². The van der Waals surface area contributed by atoms with E-state index in [1.165, 1.54) is 0 Å². The third kappa shape index (κ3) is 3.68. The highest BCUT2D eigenvalue weighted by Crippen LogP contribution is 2.38. The number of rotatable bonds is 6. The number of aliphatic hydroxyl groups is 1. The minimum Gasteiger partial charge on any atom is -0.389 e. The van der Waals surface area contributed by atoms with Crippen LogP contribution in [-0.2, 0) is 4.79 Å². The highest BCUT2D eigenvalue weighted by atomic mass is 16.3. The average molecular weight is 252 g/mol. The van der Waals surface area contributed by atoms with Crippen molar-refractivity contribution in [2.24, 2.45) is 11.3 Å². The number of Topliss-reactive ketones (excluding diaryl/α,β-unsaturated/α-hetero) is 1. The van der Waals surface area contributed by atoms with Gasteiger partial charge in [-0.15, -0.1) is 0 Å². The van der Waals surface area contributed by atoms with Crippen molar-refractivity contribution in [2.45, 2.75) is 71.8 Å². The predicted octanol–water partition coefficient (Wildman–Crippen LogP) is 3.88. The van der Waals surface area contributed by atoms with Gasteiger partial charge in [-0.1, -0.05) is 39.3 Å². The van der Waals surface area contributed by atoms with Gasteiger partial charge in [0.2, 0.25) is 0 Å². The van der Waals surface area contributed by atoms with Crippen molar-refractivity contribution >= 4 is 5.78 Å². The first-order valence-corrected chi connectivity index (χ1v) is 7.22. The second-order valence-corrected chi connectivity index (χ2v) is 6.51. The summed E-state index contributed by atoms with van der Waals surface area (Å²) in [4.78, 5) is 11.5. The summed E-state index contributed by atoms with van der Waals surface area (Å²) in [5, 5.41) is 10.6. The zero-order chi connectivity index (χ0) is 13.8. The third-order valence-corrected chi connectivity index (χ3v) is 4.57. The fourth-order valence-corrected chi connectivity index (χ4v) is 2.68. The summed E-state index contributed by atoms with van der Waals surface area (Å²) in [6.45, 7) is 8.28. The maximum atomic E-state index is 11.5. The molecule has 1 N–H and O–H groups in total. The smallest absolute Gasteiger partial charge is 0.139 e. The quantitative estimate of drug-likeness (QED) is 0.728. The summed E-state index contributed by atoms with van der Waals surface area (Å²) in [6, 6.07) is 0. The molecule has 0 aromatic heterocycles. The molecule has 2 unspecified atom stereocenters. The van der Waals surface area contributed by atoms with Crippen LogP contribution in [0.25, 0.3) is 0 Å². The molecule has 104 valence electrons. The Balaban J connectivity index is 2.55. The number of hydrogen-bond donors (Lipinski definition) is 1. The molecule has 0 aromatic rings. The van der Waals surface area contributed by atoms with E-state index >= 15 is 0 Å². The Kier molecular flexibility index (Phi) is 5.15. The van der Waals surface area contributed by atoms with Gasteiger partial charge in [0.05, 0.1) is 5.60 Å². The molecule has 1 fully saturated rings. The van der Waals surface area contributed by atoms with E-state index in [-0.39, 0.29) is 11.3 Å². The van der Waals surface area contributed by atoms with Gasteiger partial charge in [0.15, 0.2) is 0 Å². The first-order valence-electron chi connectivity index (χ1n) is 7.22. The van der Waals surface area contributed by atoms with Crippen LogP contribution in [0.15, 0.2) is 12.2 Å². The average Bonchev–Trinajstić information content (AvgIpc) is 2.64. The highest BCUT2D eigenvalue weighted by molar-refractivity contribution is 5.84. The van der Waals surface area contributed by atoms with E-state index < -0.39 is 5.60 Å². The van der Waals surface area contributed by atoms with Gasteiger partial charge in [0.25, 0.3) is 0 Å². The molecule has 0 aromatic carbocycles. The zero-order valence-electron chi connectivity index (χ0n) is 12.3. The molecule has 1 saturated carbocycles. The highest BCUT2D eigenvalue weighted by Gasteiger charge is 2.37. The number of allylic oxidation sites excluding steroid dienone is 1. The van der Waals surface area contributed by atoms with Crippen molar-refractivity contribution < 1.29 is 9.90 Å². The molecule has 0 saturated heterocycles. The lowest BCUT2D eigenvalue weighted by Gasteiger charge is -2.39. The van der Waals surface area contributed by atoms with Gasteiger partial charge in [-0.05, 0) is 38.0 Å². The molecule has 2 atom stereocenters. The maximum absolute atomic E-state index is 11.5. The molecule has 0 amide bonds. The normalized spacial score (nSPS) is 24.7. The van der Waals surface area contributed by atoms with Gasteiger partial charge in [-0.25, -0.2) is 0 Å². The van der Waals surface area contributed by atoms with Crippen molar-refractivity contribution in [2.75, 3.05) is 0 Å². The SMILES string of the molecule is CCCC(C)(C)C(C)(O)C/C=C/C1CCCC1=O. The molecule has 2 nitrogen and oxygen atoms in total. The van der Waals surface area contributed by atoms with Crippen LogP contribution >= 0.6 is 0 Å². The van der Waals surface area contributed by atoms with E-state index in [1.54, 1.807) is 0 Å². The lowest BCUT2D eigenvalue weighted by atomic mass is 9.71. The van der Waals surface area contributed by atoms with Crippen LogP contribution in [0.5, 0.6) is 0 Å². The Labute approximate surface area is 111 Å². The first kappa shape index (κ1) is 15.4. The summed E-state index contributed by atoms with van der Waals surface area (Å²) < 4.78 is 0. The molecule has 18 heavy (non-hydrogen) atoms. The molecule has 0 spiro atoms. The van der Waals surface area contributed by atoms with Crippen LogP contribution in [-0.4, -0.2) is 16.5 Å². The number of ketones is 1. The molecule has 0 radical (unpaired) electrons. The maximum Gasteiger partial charge on any atom is 0.139 e. The van der Waals surface area contributed by atoms with Crippen molar-refractivity contribution in [1.82, 2.24) is 0 Å². The Bertz CT molecular complexity index is 313. The van der Waals surface area contributed by atoms with Gasteiger partial charge in [-0.3, -0.25) is 4.79 Å². The molecule has 0 aliphatic heterocycles. The van der Waals surface area contributed by atoms with Crippen LogP contribution in [0.3, 0.4) is 0 Å². The van der Waals surface area contributed by atoms with Crippen LogP contribution in [0.2, 0.25) is 0 Å². The fourth-order valence-electron chi connectivity index (χ4n) is 2.68. The van der Waals surface area contributed by atoms with E-state index in [4.69, 9.17) is 0 Å². The Hall–Kier alpha value is -0.630. The zero-order valence-corrected chi connectivity index (χ0v) is 12.3. The van der Waals surface area contributed by atoms with Crippen LogP contribution in [0.4, 0.5) is 0 Å². The van der Waals surface area contributed by atoms with Gasteiger partial charge in [0, 0.05) is 12.3 Å². The second kappa shape index (κ2) is 6.01. The Morgan fingerprint density at radius 2 is 2.06 bits per heavy atom. The standard InChI is InChI=1S/C16H28O2/c1-5-11-15(2,3)16(4,18)12-7-9-13-8-6-10-14(13)17/h7,9,13,18H,5-6,8,10-12H2,1-4H3/b9-7+. The molecular weight excluding hydrogens is 224 g/mol. The summed E-state index contributed by atoms with van der Waals surface area (Å²) in [5.41, 5.74) is -0.799. The lowest BCUT2D eigenvalue weighted by molar-refractivity contribution is -0.119. The molecule has 2 heteroatoms. The Morgan fingerprint density at radius 1 is 1.39 bits per heavy atom. The van der Waals surface area contributed by atoms with Crippen molar-refractivity contribution in [3.05, 3.63) is 12.2 Å². The summed E-state index contributed by atoms with van der Waals surface area (Å²) in [5.74, 6) is 0.466. The van der Waals surface area contributed by atoms with E-state index in [0.29, 0.717) is 12.2 Å². The van der Waals surface area contributed by atoms with Crippen LogP contribution < -0.4 is 0 Å². The molecular formula is C16H28O2.